The highest BCUT2D eigenvalue weighted by atomic mass is 14.9. The van der Waals surface area contributed by atoms with Crippen LogP contribution < -0.4 is 5.32 Å². The van der Waals surface area contributed by atoms with Crippen LogP contribution in [0.15, 0.2) is 42.9 Å². The summed E-state index contributed by atoms with van der Waals surface area (Å²) in [5, 5.41) is 3.25. The van der Waals surface area contributed by atoms with Crippen LogP contribution in [0.1, 0.15) is 5.69 Å². The summed E-state index contributed by atoms with van der Waals surface area (Å²) < 4.78 is 0. The molecule has 0 saturated carbocycles. The molecule has 2 N–H and O–H groups in total. The molecule has 13 heavy (non-hydrogen) atoms. The minimum atomic E-state index is 0.804. The van der Waals surface area contributed by atoms with Crippen LogP contribution in [0.3, 0.4) is 0 Å². The number of H-pyrrole nitrogens is 1. The van der Waals surface area contributed by atoms with E-state index in [2.05, 4.69) is 15.3 Å². The maximum atomic E-state index is 4.01. The molecule has 0 amide bonds. The number of aromatic amines is 1. The van der Waals surface area contributed by atoms with E-state index < -0.39 is 0 Å². The van der Waals surface area contributed by atoms with Gasteiger partial charge in [-0.25, -0.2) is 0 Å². The van der Waals surface area contributed by atoms with Crippen molar-refractivity contribution < 1.29 is 0 Å². The SMILES string of the molecule is c1cncc(NCc2ccc[nH]2)c1. The third-order valence-corrected chi connectivity index (χ3v) is 1.81. The largest absolute Gasteiger partial charge is 0.378 e. The molecule has 0 aromatic carbocycles. The fraction of sp³-hybridized carbons (Fsp3) is 0.100. The Bertz CT molecular complexity index is 340. The van der Waals surface area contributed by atoms with E-state index in [1.807, 2.05) is 36.7 Å². The van der Waals surface area contributed by atoms with Gasteiger partial charge >= 0.3 is 0 Å². The zero-order valence-corrected chi connectivity index (χ0v) is 7.20. The fourth-order valence-electron chi connectivity index (χ4n) is 1.14. The number of nitrogens with one attached hydrogen (secondary N) is 2. The molecule has 2 rings (SSSR count). The first-order valence-corrected chi connectivity index (χ1v) is 4.21. The van der Waals surface area contributed by atoms with Gasteiger partial charge in [0.25, 0.3) is 0 Å². The molecule has 0 aliphatic carbocycles. The van der Waals surface area contributed by atoms with Crippen molar-refractivity contribution in [3.05, 3.63) is 48.5 Å². The minimum absolute atomic E-state index is 0.804. The smallest absolute Gasteiger partial charge is 0.0551 e. The van der Waals surface area contributed by atoms with E-state index in [0.717, 1.165) is 12.2 Å². The lowest BCUT2D eigenvalue weighted by molar-refractivity contribution is 1.07. The van der Waals surface area contributed by atoms with Gasteiger partial charge in [-0.3, -0.25) is 4.98 Å². The predicted molar refractivity (Wildman–Crippen MR) is 52.4 cm³/mol. The van der Waals surface area contributed by atoms with Crippen LogP contribution in [0.25, 0.3) is 0 Å². The third-order valence-electron chi connectivity index (χ3n) is 1.81. The Hall–Kier alpha value is -1.77. The molecule has 0 aliphatic heterocycles. The predicted octanol–water partition coefficient (Wildman–Crippen LogP) is 2.02. The molecule has 0 bridgehead atoms. The Kier molecular flexibility index (Phi) is 2.27. The van der Waals surface area contributed by atoms with Gasteiger partial charge in [0, 0.05) is 24.3 Å². The highest BCUT2D eigenvalue weighted by molar-refractivity contribution is 5.39. The molecule has 2 heterocycles. The Morgan fingerprint density at radius 1 is 1.31 bits per heavy atom. The second-order valence-corrected chi connectivity index (χ2v) is 2.79. The van der Waals surface area contributed by atoms with Crippen LogP contribution >= 0.6 is 0 Å². The van der Waals surface area contributed by atoms with Crippen LogP contribution in [0.4, 0.5) is 5.69 Å². The number of anilines is 1. The Balaban J connectivity index is 1.94. The van der Waals surface area contributed by atoms with Crippen molar-refractivity contribution >= 4 is 5.69 Å². The molecule has 3 heteroatoms. The number of nitrogens with zero attached hydrogens (tertiary/aromatic N) is 1. The van der Waals surface area contributed by atoms with E-state index in [9.17, 15) is 0 Å². The number of pyridine rings is 1. The molecular formula is C10H11N3. The lowest BCUT2D eigenvalue weighted by atomic mass is 10.4. The molecule has 0 spiro atoms. The number of aromatic nitrogens is 2. The van der Waals surface area contributed by atoms with Crippen molar-refractivity contribution in [3.8, 4) is 0 Å². The monoisotopic (exact) mass is 173 g/mol. The zero-order chi connectivity index (χ0) is 8.93. The van der Waals surface area contributed by atoms with Gasteiger partial charge in [-0.1, -0.05) is 0 Å². The molecular weight excluding hydrogens is 162 g/mol. The second-order valence-electron chi connectivity index (χ2n) is 2.79. The highest BCUT2D eigenvalue weighted by Crippen LogP contribution is 2.04. The average molecular weight is 173 g/mol. The molecule has 0 radical (unpaired) electrons. The lowest BCUT2D eigenvalue weighted by Crippen LogP contribution is -1.99. The van der Waals surface area contributed by atoms with Crippen LogP contribution in [0.2, 0.25) is 0 Å². The van der Waals surface area contributed by atoms with Gasteiger partial charge in [0.15, 0.2) is 0 Å². The summed E-state index contributed by atoms with van der Waals surface area (Å²) in [5.74, 6) is 0. The van der Waals surface area contributed by atoms with Crippen molar-refractivity contribution in [1.82, 2.24) is 9.97 Å². The second kappa shape index (κ2) is 3.76. The molecule has 66 valence electrons. The van der Waals surface area contributed by atoms with Gasteiger partial charge in [-0.05, 0) is 24.3 Å². The van der Waals surface area contributed by atoms with Gasteiger partial charge in [-0.2, -0.15) is 0 Å². The Morgan fingerprint density at radius 2 is 2.31 bits per heavy atom. The summed E-state index contributed by atoms with van der Waals surface area (Å²) in [7, 11) is 0. The summed E-state index contributed by atoms with van der Waals surface area (Å²) >= 11 is 0. The van der Waals surface area contributed by atoms with Crippen molar-refractivity contribution in [2.45, 2.75) is 6.54 Å². The minimum Gasteiger partial charge on any atom is -0.378 e. The van der Waals surface area contributed by atoms with Gasteiger partial charge in [0.2, 0.25) is 0 Å². The van der Waals surface area contributed by atoms with Crippen LogP contribution in [-0.4, -0.2) is 9.97 Å². The summed E-state index contributed by atoms with van der Waals surface area (Å²) in [6.45, 7) is 0.804. The van der Waals surface area contributed by atoms with Crippen molar-refractivity contribution in [3.63, 3.8) is 0 Å². The van der Waals surface area contributed by atoms with Crippen LogP contribution in [0, 0.1) is 0 Å². The first kappa shape index (κ1) is 7.86. The van der Waals surface area contributed by atoms with E-state index in [1.165, 1.54) is 5.69 Å². The number of rotatable bonds is 3. The molecule has 0 saturated heterocycles. The maximum absolute atomic E-state index is 4.01. The van der Waals surface area contributed by atoms with Crippen molar-refractivity contribution in [2.75, 3.05) is 5.32 Å². The number of hydrogen-bond donors (Lipinski definition) is 2. The number of hydrogen-bond acceptors (Lipinski definition) is 2. The van der Waals surface area contributed by atoms with Crippen molar-refractivity contribution in [1.29, 1.82) is 0 Å². The van der Waals surface area contributed by atoms with E-state index in [0.29, 0.717) is 0 Å². The molecule has 2 aromatic rings. The maximum Gasteiger partial charge on any atom is 0.0551 e. The fourth-order valence-corrected chi connectivity index (χ4v) is 1.14. The van der Waals surface area contributed by atoms with Gasteiger partial charge in [0.1, 0.15) is 0 Å². The Labute approximate surface area is 76.8 Å². The molecule has 0 unspecified atom stereocenters. The van der Waals surface area contributed by atoms with Crippen LogP contribution in [-0.2, 0) is 6.54 Å². The molecule has 0 fully saturated rings. The average Bonchev–Trinajstić information content (AvgIpc) is 2.69. The quantitative estimate of drug-likeness (QED) is 0.745. The van der Waals surface area contributed by atoms with E-state index in [-0.39, 0.29) is 0 Å². The third kappa shape index (κ3) is 2.08. The van der Waals surface area contributed by atoms with E-state index >= 15 is 0 Å². The van der Waals surface area contributed by atoms with E-state index in [4.69, 9.17) is 0 Å². The molecule has 2 aromatic heterocycles. The van der Waals surface area contributed by atoms with Gasteiger partial charge < -0.3 is 10.3 Å². The van der Waals surface area contributed by atoms with Crippen molar-refractivity contribution in [2.24, 2.45) is 0 Å². The normalized spacial score (nSPS) is 9.85. The lowest BCUT2D eigenvalue weighted by Gasteiger charge is -2.02. The standard InChI is InChI=1S/C10H11N3/c1-3-9(7-11-5-1)13-8-10-4-2-6-12-10/h1-7,12-13H,8H2. The van der Waals surface area contributed by atoms with Gasteiger partial charge in [0.05, 0.1) is 12.2 Å². The summed E-state index contributed by atoms with van der Waals surface area (Å²) in [6.07, 6.45) is 5.49. The molecule has 3 nitrogen and oxygen atoms in total. The first-order valence-electron chi connectivity index (χ1n) is 4.21. The summed E-state index contributed by atoms with van der Waals surface area (Å²) in [4.78, 5) is 7.14. The van der Waals surface area contributed by atoms with E-state index in [1.54, 1.807) is 6.20 Å². The van der Waals surface area contributed by atoms with Crippen LogP contribution in [0.5, 0.6) is 0 Å². The first-order chi connectivity index (χ1) is 6.45. The van der Waals surface area contributed by atoms with Gasteiger partial charge in [-0.15, -0.1) is 0 Å². The Morgan fingerprint density at radius 3 is 3.00 bits per heavy atom. The summed E-state index contributed by atoms with van der Waals surface area (Å²) in [5.41, 5.74) is 2.21. The highest BCUT2D eigenvalue weighted by Gasteiger charge is 1.92. The summed E-state index contributed by atoms with van der Waals surface area (Å²) in [6, 6.07) is 7.94. The topological polar surface area (TPSA) is 40.7 Å². The molecule has 0 aliphatic rings. The zero-order valence-electron chi connectivity index (χ0n) is 7.20. The molecule has 0 atom stereocenters.